The van der Waals surface area contributed by atoms with E-state index in [1.807, 2.05) is 11.8 Å². The van der Waals surface area contributed by atoms with Crippen molar-refractivity contribution in [2.75, 3.05) is 6.26 Å². The van der Waals surface area contributed by atoms with Gasteiger partial charge in [-0.05, 0) is 38.4 Å². The largest absolute Gasteiger partial charge is 0.480 e. The first-order valence-electron chi connectivity index (χ1n) is 6.39. The molecule has 6 heteroatoms. The molecule has 0 spiro atoms. The van der Waals surface area contributed by atoms with Gasteiger partial charge in [-0.15, -0.1) is 0 Å². The van der Waals surface area contributed by atoms with Crippen LogP contribution >= 0.6 is 11.8 Å². The quantitative estimate of drug-likeness (QED) is 0.714. The second-order valence-corrected chi connectivity index (χ2v) is 5.76. The van der Waals surface area contributed by atoms with Crippen LogP contribution in [0.5, 0.6) is 0 Å². The summed E-state index contributed by atoms with van der Waals surface area (Å²) in [5.74, 6) is -0.987. The Labute approximate surface area is 112 Å². The van der Waals surface area contributed by atoms with Crippen molar-refractivity contribution in [2.45, 2.75) is 56.4 Å². The number of thioether (sulfide) groups is 1. The zero-order valence-corrected chi connectivity index (χ0v) is 11.8. The van der Waals surface area contributed by atoms with Crippen molar-refractivity contribution in [2.24, 2.45) is 0 Å². The van der Waals surface area contributed by atoms with Gasteiger partial charge in [0, 0.05) is 11.3 Å². The molecular formula is C12H22N2O3S. The third kappa shape index (κ3) is 4.76. The molecule has 0 aliphatic heterocycles. The number of carbonyl (C=O) groups excluding carboxylic acids is 1. The van der Waals surface area contributed by atoms with E-state index in [-0.39, 0.29) is 12.1 Å². The molecule has 1 atom stereocenters. The molecule has 1 saturated carbocycles. The molecule has 1 rings (SSSR count). The van der Waals surface area contributed by atoms with Gasteiger partial charge < -0.3 is 15.7 Å². The number of hydrogen-bond donors (Lipinski definition) is 3. The molecule has 0 heterocycles. The molecule has 0 aromatic rings. The van der Waals surface area contributed by atoms with Gasteiger partial charge >= 0.3 is 12.0 Å². The Balaban J connectivity index is 2.30. The van der Waals surface area contributed by atoms with Gasteiger partial charge in [0.25, 0.3) is 0 Å². The number of carboxylic acid groups (broad SMARTS) is 1. The van der Waals surface area contributed by atoms with E-state index in [1.165, 1.54) is 0 Å². The van der Waals surface area contributed by atoms with Crippen LogP contribution in [-0.2, 0) is 4.79 Å². The van der Waals surface area contributed by atoms with E-state index in [2.05, 4.69) is 16.9 Å². The monoisotopic (exact) mass is 274 g/mol. The molecule has 1 aliphatic rings. The van der Waals surface area contributed by atoms with Crippen molar-refractivity contribution in [3.05, 3.63) is 0 Å². The summed E-state index contributed by atoms with van der Waals surface area (Å²) in [6, 6.07) is -0.982. The Hall–Kier alpha value is -0.910. The Morgan fingerprint density at radius 3 is 2.39 bits per heavy atom. The first-order valence-corrected chi connectivity index (χ1v) is 7.68. The Kier molecular flexibility index (Phi) is 6.32. The predicted octanol–water partition coefficient (Wildman–Crippen LogP) is 1.82. The number of carboxylic acids is 1. The minimum Gasteiger partial charge on any atom is -0.480 e. The minimum absolute atomic E-state index is 0.180. The normalized spacial score (nSPS) is 25.2. The van der Waals surface area contributed by atoms with Crippen LogP contribution in [0.15, 0.2) is 0 Å². The Morgan fingerprint density at radius 2 is 1.94 bits per heavy atom. The lowest BCUT2D eigenvalue weighted by Crippen LogP contribution is -2.49. The van der Waals surface area contributed by atoms with E-state index < -0.39 is 12.0 Å². The van der Waals surface area contributed by atoms with Gasteiger partial charge in [0.1, 0.15) is 6.04 Å². The summed E-state index contributed by atoms with van der Waals surface area (Å²) in [5.41, 5.74) is 0. The van der Waals surface area contributed by atoms with Gasteiger partial charge in [-0.1, -0.05) is 6.92 Å². The number of aliphatic carboxylic acids is 1. The topological polar surface area (TPSA) is 78.4 Å². The molecule has 18 heavy (non-hydrogen) atoms. The van der Waals surface area contributed by atoms with Crippen molar-refractivity contribution in [3.63, 3.8) is 0 Å². The summed E-state index contributed by atoms with van der Waals surface area (Å²) in [7, 11) is 0. The standard InChI is InChI=1S/C12H22N2O3S/c1-3-10(11(15)16)14-12(17)13-8-4-6-9(18-2)7-5-8/h8-10H,3-7H2,1-2H3,(H,15,16)(H2,13,14,17). The molecule has 1 aliphatic carbocycles. The third-order valence-corrected chi connectivity index (χ3v) is 4.49. The van der Waals surface area contributed by atoms with Gasteiger partial charge in [-0.2, -0.15) is 11.8 Å². The summed E-state index contributed by atoms with van der Waals surface area (Å²) in [5, 5.41) is 14.9. The second-order valence-electron chi connectivity index (χ2n) is 4.63. The second kappa shape index (κ2) is 7.51. The van der Waals surface area contributed by atoms with Crippen LogP contribution < -0.4 is 10.6 Å². The number of urea groups is 1. The van der Waals surface area contributed by atoms with Crippen LogP contribution in [0.3, 0.4) is 0 Å². The van der Waals surface area contributed by atoms with E-state index in [0.717, 1.165) is 25.7 Å². The van der Waals surface area contributed by atoms with E-state index in [1.54, 1.807) is 6.92 Å². The average Bonchev–Trinajstić information content (AvgIpc) is 2.36. The lowest BCUT2D eigenvalue weighted by atomic mass is 9.95. The minimum atomic E-state index is -0.987. The SMILES string of the molecule is CCC(NC(=O)NC1CCC(SC)CC1)C(=O)O. The van der Waals surface area contributed by atoms with E-state index in [4.69, 9.17) is 5.11 Å². The molecule has 3 N–H and O–H groups in total. The molecule has 2 amide bonds. The Morgan fingerprint density at radius 1 is 1.33 bits per heavy atom. The van der Waals surface area contributed by atoms with Crippen LogP contribution in [0.4, 0.5) is 4.79 Å². The third-order valence-electron chi connectivity index (χ3n) is 3.35. The molecule has 1 unspecified atom stereocenters. The van der Waals surface area contributed by atoms with Crippen LogP contribution in [0, 0.1) is 0 Å². The van der Waals surface area contributed by atoms with Gasteiger partial charge in [-0.25, -0.2) is 9.59 Å². The fourth-order valence-corrected chi connectivity index (χ4v) is 2.91. The van der Waals surface area contributed by atoms with Gasteiger partial charge in [0.15, 0.2) is 0 Å². The van der Waals surface area contributed by atoms with E-state index in [9.17, 15) is 9.59 Å². The highest BCUT2D eigenvalue weighted by Crippen LogP contribution is 2.26. The zero-order chi connectivity index (χ0) is 13.5. The van der Waals surface area contributed by atoms with E-state index >= 15 is 0 Å². The number of hydrogen-bond acceptors (Lipinski definition) is 3. The first kappa shape index (κ1) is 15.1. The lowest BCUT2D eigenvalue weighted by molar-refractivity contribution is -0.139. The fourth-order valence-electron chi connectivity index (χ4n) is 2.17. The summed E-state index contributed by atoms with van der Waals surface area (Å²) < 4.78 is 0. The average molecular weight is 274 g/mol. The van der Waals surface area contributed by atoms with Crippen LogP contribution in [0.25, 0.3) is 0 Å². The highest BCUT2D eigenvalue weighted by molar-refractivity contribution is 7.99. The maximum Gasteiger partial charge on any atom is 0.326 e. The van der Waals surface area contributed by atoms with Gasteiger partial charge in [-0.3, -0.25) is 0 Å². The predicted molar refractivity (Wildman–Crippen MR) is 72.9 cm³/mol. The maximum atomic E-state index is 11.6. The zero-order valence-electron chi connectivity index (χ0n) is 10.9. The summed E-state index contributed by atoms with van der Waals surface area (Å²) in [4.78, 5) is 22.4. The van der Waals surface area contributed by atoms with Crippen LogP contribution in [0.2, 0.25) is 0 Å². The van der Waals surface area contributed by atoms with Crippen molar-refractivity contribution in [3.8, 4) is 0 Å². The molecule has 0 radical (unpaired) electrons. The number of amides is 2. The number of nitrogens with one attached hydrogen (secondary N) is 2. The highest BCUT2D eigenvalue weighted by atomic mass is 32.2. The summed E-state index contributed by atoms with van der Waals surface area (Å²) in [6.45, 7) is 1.74. The molecule has 5 nitrogen and oxygen atoms in total. The summed E-state index contributed by atoms with van der Waals surface area (Å²) in [6.07, 6.45) is 6.68. The van der Waals surface area contributed by atoms with Crippen molar-refractivity contribution in [1.29, 1.82) is 0 Å². The molecule has 0 saturated heterocycles. The molecule has 0 bridgehead atoms. The molecule has 0 aromatic carbocycles. The fraction of sp³-hybridized carbons (Fsp3) is 0.833. The van der Waals surface area contributed by atoms with Crippen molar-refractivity contribution < 1.29 is 14.7 Å². The molecule has 1 fully saturated rings. The van der Waals surface area contributed by atoms with Gasteiger partial charge in [0.2, 0.25) is 0 Å². The van der Waals surface area contributed by atoms with Crippen LogP contribution in [0.1, 0.15) is 39.0 Å². The van der Waals surface area contributed by atoms with E-state index in [0.29, 0.717) is 11.7 Å². The molecule has 104 valence electrons. The summed E-state index contributed by atoms with van der Waals surface area (Å²) >= 11 is 1.88. The molecular weight excluding hydrogens is 252 g/mol. The van der Waals surface area contributed by atoms with Gasteiger partial charge in [0.05, 0.1) is 0 Å². The van der Waals surface area contributed by atoms with Crippen molar-refractivity contribution in [1.82, 2.24) is 10.6 Å². The first-order chi connectivity index (χ1) is 8.56. The number of rotatable bonds is 5. The van der Waals surface area contributed by atoms with Crippen molar-refractivity contribution >= 4 is 23.8 Å². The maximum absolute atomic E-state index is 11.6. The molecule has 0 aromatic heterocycles. The smallest absolute Gasteiger partial charge is 0.326 e. The number of carbonyl (C=O) groups is 2. The highest BCUT2D eigenvalue weighted by Gasteiger charge is 2.23. The lowest BCUT2D eigenvalue weighted by Gasteiger charge is -2.28. The Bertz CT molecular complexity index is 291. The van der Waals surface area contributed by atoms with Crippen LogP contribution in [-0.4, -0.2) is 40.7 Å².